The average molecular weight is 316 g/mol. The minimum Gasteiger partial charge on any atom is -0.392 e. The van der Waals surface area contributed by atoms with Crippen molar-refractivity contribution in [3.8, 4) is 0 Å². The van der Waals surface area contributed by atoms with Gasteiger partial charge in [0.15, 0.2) is 0 Å². The summed E-state index contributed by atoms with van der Waals surface area (Å²) in [6.07, 6.45) is 4.32. The average Bonchev–Trinajstić information content (AvgIpc) is 2.85. The van der Waals surface area contributed by atoms with Crippen molar-refractivity contribution in [1.29, 1.82) is 0 Å². The fourth-order valence-electron chi connectivity index (χ4n) is 4.55. The first-order chi connectivity index (χ1) is 11.1. The van der Waals surface area contributed by atoms with E-state index >= 15 is 0 Å². The molecule has 3 aliphatic rings. The van der Waals surface area contributed by atoms with Crippen molar-refractivity contribution in [2.24, 2.45) is 0 Å². The summed E-state index contributed by atoms with van der Waals surface area (Å²) in [5.74, 6) is 0.149. The molecule has 4 rings (SSSR count). The topological polar surface area (TPSA) is 59.9 Å². The molecule has 0 saturated carbocycles. The molecule has 4 heterocycles. The molecule has 6 nitrogen and oxygen atoms in total. The van der Waals surface area contributed by atoms with Gasteiger partial charge in [-0.15, -0.1) is 0 Å². The fourth-order valence-corrected chi connectivity index (χ4v) is 4.55. The molecule has 1 amide bonds. The minimum atomic E-state index is -0.235. The van der Waals surface area contributed by atoms with Gasteiger partial charge in [-0.1, -0.05) is 6.07 Å². The molecular weight excluding hydrogens is 292 g/mol. The van der Waals surface area contributed by atoms with Crippen LogP contribution in [0.25, 0.3) is 0 Å². The first kappa shape index (κ1) is 15.1. The van der Waals surface area contributed by atoms with E-state index in [4.69, 9.17) is 0 Å². The number of carbonyl (C=O) groups excluding carboxylic acids is 1. The first-order valence-electron chi connectivity index (χ1n) is 8.37. The lowest BCUT2D eigenvalue weighted by Crippen LogP contribution is -2.78. The van der Waals surface area contributed by atoms with Crippen LogP contribution in [0.1, 0.15) is 18.9 Å². The number of carbonyl (C=O) groups is 1. The second kappa shape index (κ2) is 5.54. The molecule has 3 fully saturated rings. The summed E-state index contributed by atoms with van der Waals surface area (Å²) in [6.45, 7) is 6.78. The lowest BCUT2D eigenvalue weighted by molar-refractivity contribution is -0.154. The summed E-state index contributed by atoms with van der Waals surface area (Å²) in [6, 6.07) is 4.48. The van der Waals surface area contributed by atoms with E-state index in [1.165, 1.54) is 5.56 Å². The molecule has 1 aromatic rings. The van der Waals surface area contributed by atoms with Crippen molar-refractivity contribution in [2.45, 2.75) is 37.6 Å². The number of β-amino-alcohol motifs (C(OH)–C–C–N with tert-alkyl or cyclic N) is 1. The van der Waals surface area contributed by atoms with E-state index in [-0.39, 0.29) is 17.6 Å². The van der Waals surface area contributed by atoms with Crippen molar-refractivity contribution in [3.63, 3.8) is 0 Å². The number of aliphatic hydroxyl groups excluding tert-OH is 1. The van der Waals surface area contributed by atoms with Gasteiger partial charge in [-0.2, -0.15) is 0 Å². The third-order valence-corrected chi connectivity index (χ3v) is 5.53. The zero-order valence-electron chi connectivity index (χ0n) is 13.6. The highest BCUT2D eigenvalue weighted by molar-refractivity contribution is 5.74. The zero-order valence-corrected chi connectivity index (χ0v) is 13.6. The molecule has 0 aliphatic carbocycles. The maximum Gasteiger partial charge on any atom is 0.219 e. The number of hydrogen-bond acceptors (Lipinski definition) is 5. The highest BCUT2D eigenvalue weighted by Crippen LogP contribution is 2.39. The number of aliphatic hydroxyl groups is 1. The molecular formula is C17H24N4O2. The van der Waals surface area contributed by atoms with Crippen LogP contribution in [0.2, 0.25) is 0 Å². The van der Waals surface area contributed by atoms with Crippen molar-refractivity contribution < 1.29 is 9.90 Å². The molecule has 0 radical (unpaired) electrons. The normalized spacial score (nSPS) is 30.3. The molecule has 3 saturated heterocycles. The van der Waals surface area contributed by atoms with E-state index in [0.717, 1.165) is 45.7 Å². The number of hydrogen-bond donors (Lipinski definition) is 1. The predicted molar refractivity (Wildman–Crippen MR) is 85.6 cm³/mol. The zero-order chi connectivity index (χ0) is 16.0. The Labute approximate surface area is 136 Å². The first-order valence-corrected chi connectivity index (χ1v) is 8.37. The Morgan fingerprint density at radius 3 is 2.91 bits per heavy atom. The Hall–Kier alpha value is -1.50. The van der Waals surface area contributed by atoms with Gasteiger partial charge in [-0.3, -0.25) is 19.6 Å². The summed E-state index contributed by atoms with van der Waals surface area (Å²) in [5, 5.41) is 10.1. The number of pyridine rings is 1. The van der Waals surface area contributed by atoms with E-state index in [2.05, 4.69) is 20.9 Å². The van der Waals surface area contributed by atoms with Crippen molar-refractivity contribution >= 4 is 5.91 Å². The molecule has 1 spiro atoms. The monoisotopic (exact) mass is 316 g/mol. The Morgan fingerprint density at radius 1 is 1.39 bits per heavy atom. The van der Waals surface area contributed by atoms with Crippen LogP contribution in [-0.4, -0.2) is 81.1 Å². The van der Waals surface area contributed by atoms with E-state index < -0.39 is 0 Å². The van der Waals surface area contributed by atoms with Crippen LogP contribution in [-0.2, 0) is 11.3 Å². The standard InChI is InChI=1S/C17H24N4O2/c1-13(22)20-11-17(12-20)10-19(7-14-3-2-4-18-6-14)8-15-5-16(23)9-21(15)17/h2-4,6,15-16,23H,5,7-12H2,1H3/t15-,16+/m0/s1. The van der Waals surface area contributed by atoms with E-state index in [0.29, 0.717) is 6.04 Å². The molecule has 124 valence electrons. The maximum atomic E-state index is 11.6. The second-order valence-electron chi connectivity index (χ2n) is 7.33. The van der Waals surface area contributed by atoms with Gasteiger partial charge >= 0.3 is 0 Å². The Balaban J connectivity index is 1.52. The molecule has 1 aromatic heterocycles. The van der Waals surface area contributed by atoms with Crippen LogP contribution in [0, 0.1) is 0 Å². The third kappa shape index (κ3) is 2.65. The minimum absolute atomic E-state index is 0.0221. The van der Waals surface area contributed by atoms with E-state index in [1.54, 1.807) is 13.1 Å². The van der Waals surface area contributed by atoms with Gasteiger partial charge in [0, 0.05) is 64.6 Å². The molecule has 3 aliphatic heterocycles. The van der Waals surface area contributed by atoms with Gasteiger partial charge in [0.2, 0.25) is 5.91 Å². The predicted octanol–water partition coefficient (Wildman–Crippen LogP) is -0.0667. The Kier molecular flexibility index (Phi) is 3.63. The number of likely N-dealkylation sites (tertiary alicyclic amines) is 1. The molecule has 0 aromatic carbocycles. The van der Waals surface area contributed by atoms with Crippen LogP contribution in [0.4, 0.5) is 0 Å². The third-order valence-electron chi connectivity index (χ3n) is 5.53. The van der Waals surface area contributed by atoms with Crippen LogP contribution in [0.3, 0.4) is 0 Å². The van der Waals surface area contributed by atoms with Gasteiger partial charge in [-0.25, -0.2) is 0 Å². The SMILES string of the molecule is CC(=O)N1CC2(CN(Cc3cccnc3)C[C@@H]3C[C@@H](O)CN32)C1. The number of aromatic nitrogens is 1. The summed E-state index contributed by atoms with van der Waals surface area (Å²) < 4.78 is 0. The number of fused-ring (bicyclic) bond motifs is 2. The molecule has 1 N–H and O–H groups in total. The highest BCUT2D eigenvalue weighted by Gasteiger charge is 2.56. The molecule has 0 bridgehead atoms. The van der Waals surface area contributed by atoms with E-state index in [1.807, 2.05) is 17.2 Å². The molecule has 6 heteroatoms. The van der Waals surface area contributed by atoms with Crippen molar-refractivity contribution in [3.05, 3.63) is 30.1 Å². The van der Waals surface area contributed by atoms with E-state index in [9.17, 15) is 9.90 Å². The quantitative estimate of drug-likeness (QED) is 0.828. The second-order valence-corrected chi connectivity index (χ2v) is 7.33. The molecule has 0 unspecified atom stereocenters. The lowest BCUT2D eigenvalue weighted by atomic mass is 9.83. The summed E-state index contributed by atoms with van der Waals surface area (Å²) >= 11 is 0. The number of nitrogens with zero attached hydrogens (tertiary/aromatic N) is 4. The van der Waals surface area contributed by atoms with Crippen molar-refractivity contribution in [1.82, 2.24) is 19.7 Å². The van der Waals surface area contributed by atoms with Gasteiger partial charge in [0.1, 0.15) is 0 Å². The smallest absolute Gasteiger partial charge is 0.219 e. The summed E-state index contributed by atoms with van der Waals surface area (Å²) in [4.78, 5) is 22.7. The van der Waals surface area contributed by atoms with Crippen molar-refractivity contribution in [2.75, 3.05) is 32.7 Å². The molecule has 2 atom stereocenters. The fraction of sp³-hybridized carbons (Fsp3) is 0.647. The van der Waals surface area contributed by atoms with Crippen LogP contribution in [0.15, 0.2) is 24.5 Å². The molecule has 23 heavy (non-hydrogen) atoms. The van der Waals surface area contributed by atoms with Gasteiger partial charge < -0.3 is 10.0 Å². The Bertz CT molecular complexity index is 588. The number of piperazine rings is 1. The van der Waals surface area contributed by atoms with Gasteiger partial charge in [0.05, 0.1) is 11.6 Å². The highest BCUT2D eigenvalue weighted by atomic mass is 16.3. The van der Waals surface area contributed by atoms with Crippen LogP contribution < -0.4 is 0 Å². The lowest BCUT2D eigenvalue weighted by Gasteiger charge is -2.60. The Morgan fingerprint density at radius 2 is 2.22 bits per heavy atom. The van der Waals surface area contributed by atoms with Crippen LogP contribution in [0.5, 0.6) is 0 Å². The summed E-state index contributed by atoms with van der Waals surface area (Å²) in [5.41, 5.74) is 1.24. The maximum absolute atomic E-state index is 11.6. The van der Waals surface area contributed by atoms with Gasteiger partial charge in [-0.05, 0) is 18.1 Å². The number of amides is 1. The van der Waals surface area contributed by atoms with Crippen LogP contribution >= 0.6 is 0 Å². The largest absolute Gasteiger partial charge is 0.392 e. The summed E-state index contributed by atoms with van der Waals surface area (Å²) in [7, 11) is 0. The van der Waals surface area contributed by atoms with Gasteiger partial charge in [0.25, 0.3) is 0 Å². The number of rotatable bonds is 2.